The minimum absolute atomic E-state index is 0.0837. The van der Waals surface area contributed by atoms with Crippen molar-refractivity contribution < 1.29 is 14.6 Å². The molecular formula is C12H16O3. The van der Waals surface area contributed by atoms with Gasteiger partial charge in [0.05, 0.1) is 0 Å². The molecule has 0 saturated carbocycles. The van der Waals surface area contributed by atoms with Gasteiger partial charge in [-0.2, -0.15) is 0 Å². The van der Waals surface area contributed by atoms with Crippen molar-refractivity contribution >= 4 is 0 Å². The highest BCUT2D eigenvalue weighted by Gasteiger charge is 2.24. The standard InChI is InChI=1S/C12H16O3/c1-7-4-10-12(15-6-14-10)11(9(7)3)8(2)5-13/h4,8,13H,5-6H2,1-3H3. The number of aliphatic hydroxyl groups excluding tert-OH is 1. The van der Waals surface area contributed by atoms with Crippen LogP contribution < -0.4 is 9.47 Å². The molecule has 1 unspecified atom stereocenters. The van der Waals surface area contributed by atoms with E-state index in [9.17, 15) is 5.11 Å². The van der Waals surface area contributed by atoms with E-state index >= 15 is 0 Å². The summed E-state index contributed by atoms with van der Waals surface area (Å²) in [5.74, 6) is 1.69. The third-order valence-corrected chi connectivity index (χ3v) is 3.00. The molecule has 1 aromatic rings. The molecule has 3 heteroatoms. The molecule has 1 aromatic carbocycles. The van der Waals surface area contributed by atoms with Gasteiger partial charge in [-0.3, -0.25) is 0 Å². The van der Waals surface area contributed by atoms with Crippen LogP contribution in [0.2, 0.25) is 0 Å². The minimum Gasteiger partial charge on any atom is -0.454 e. The smallest absolute Gasteiger partial charge is 0.231 e. The molecule has 0 aromatic heterocycles. The summed E-state index contributed by atoms with van der Waals surface area (Å²) in [5.41, 5.74) is 3.43. The summed E-state index contributed by atoms with van der Waals surface area (Å²) in [6.45, 7) is 6.50. The lowest BCUT2D eigenvalue weighted by molar-refractivity contribution is 0.172. The summed E-state index contributed by atoms with van der Waals surface area (Å²) in [7, 11) is 0. The second kappa shape index (κ2) is 3.74. The summed E-state index contributed by atoms with van der Waals surface area (Å²) in [5, 5.41) is 9.24. The predicted octanol–water partition coefficient (Wildman–Crippen LogP) is 2.13. The Kier molecular flexibility index (Phi) is 2.57. The molecule has 0 radical (unpaired) electrons. The van der Waals surface area contributed by atoms with Gasteiger partial charge in [-0.1, -0.05) is 6.92 Å². The fourth-order valence-corrected chi connectivity index (χ4v) is 1.98. The Labute approximate surface area is 89.6 Å². The van der Waals surface area contributed by atoms with Gasteiger partial charge >= 0.3 is 0 Å². The summed E-state index contributed by atoms with van der Waals surface area (Å²) in [4.78, 5) is 0. The lowest BCUT2D eigenvalue weighted by Crippen LogP contribution is -2.04. The van der Waals surface area contributed by atoms with Gasteiger partial charge < -0.3 is 14.6 Å². The van der Waals surface area contributed by atoms with E-state index in [0.29, 0.717) is 0 Å². The van der Waals surface area contributed by atoms with Crippen LogP contribution in [0.15, 0.2) is 6.07 Å². The van der Waals surface area contributed by atoms with Crippen molar-refractivity contribution in [2.45, 2.75) is 26.7 Å². The Balaban J connectivity index is 2.60. The Morgan fingerprint density at radius 2 is 2.13 bits per heavy atom. The molecule has 0 spiro atoms. The summed E-state index contributed by atoms with van der Waals surface area (Å²) in [6, 6.07) is 1.99. The van der Waals surface area contributed by atoms with Crippen molar-refractivity contribution in [2.24, 2.45) is 0 Å². The fourth-order valence-electron chi connectivity index (χ4n) is 1.98. The van der Waals surface area contributed by atoms with Crippen LogP contribution in [0.5, 0.6) is 11.5 Å². The SMILES string of the molecule is Cc1cc2c(c(C(C)CO)c1C)OCO2. The number of ether oxygens (including phenoxy) is 2. The first-order valence-corrected chi connectivity index (χ1v) is 5.15. The van der Waals surface area contributed by atoms with E-state index in [1.165, 1.54) is 11.1 Å². The normalized spacial score (nSPS) is 15.5. The van der Waals surface area contributed by atoms with E-state index in [0.717, 1.165) is 17.1 Å². The highest BCUT2D eigenvalue weighted by molar-refractivity contribution is 5.56. The Hall–Kier alpha value is -1.22. The molecule has 2 rings (SSSR count). The van der Waals surface area contributed by atoms with Crippen LogP contribution in [0, 0.1) is 13.8 Å². The zero-order valence-corrected chi connectivity index (χ0v) is 9.33. The van der Waals surface area contributed by atoms with Gasteiger partial charge in [0.1, 0.15) is 0 Å². The topological polar surface area (TPSA) is 38.7 Å². The molecule has 82 valence electrons. The number of benzene rings is 1. The molecule has 15 heavy (non-hydrogen) atoms. The van der Waals surface area contributed by atoms with E-state index < -0.39 is 0 Å². The maximum absolute atomic E-state index is 9.24. The van der Waals surface area contributed by atoms with Gasteiger partial charge in [-0.25, -0.2) is 0 Å². The van der Waals surface area contributed by atoms with Crippen molar-refractivity contribution in [3.05, 3.63) is 22.8 Å². The largest absolute Gasteiger partial charge is 0.454 e. The van der Waals surface area contributed by atoms with E-state index in [4.69, 9.17) is 9.47 Å². The number of rotatable bonds is 2. The van der Waals surface area contributed by atoms with Crippen LogP contribution in [-0.4, -0.2) is 18.5 Å². The first-order valence-electron chi connectivity index (χ1n) is 5.15. The molecule has 1 aliphatic rings. The Bertz CT molecular complexity index is 385. The van der Waals surface area contributed by atoms with E-state index in [2.05, 4.69) is 6.92 Å². The third-order valence-electron chi connectivity index (χ3n) is 3.00. The highest BCUT2D eigenvalue weighted by atomic mass is 16.7. The van der Waals surface area contributed by atoms with Gasteiger partial charge in [-0.05, 0) is 31.0 Å². The number of hydrogen-bond donors (Lipinski definition) is 1. The van der Waals surface area contributed by atoms with Crippen LogP contribution in [0.3, 0.4) is 0 Å². The molecule has 1 aliphatic heterocycles. The van der Waals surface area contributed by atoms with Gasteiger partial charge in [0, 0.05) is 18.1 Å². The average Bonchev–Trinajstić information content (AvgIpc) is 2.66. The Morgan fingerprint density at radius 3 is 2.80 bits per heavy atom. The molecule has 0 amide bonds. The maximum atomic E-state index is 9.24. The molecule has 3 nitrogen and oxygen atoms in total. The molecule has 0 aliphatic carbocycles. The van der Waals surface area contributed by atoms with Crippen molar-refractivity contribution in [1.82, 2.24) is 0 Å². The highest BCUT2D eigenvalue weighted by Crippen LogP contribution is 2.42. The molecular weight excluding hydrogens is 192 g/mol. The molecule has 0 saturated heterocycles. The quantitative estimate of drug-likeness (QED) is 0.809. The van der Waals surface area contributed by atoms with Crippen LogP contribution >= 0.6 is 0 Å². The summed E-state index contributed by atoms with van der Waals surface area (Å²) >= 11 is 0. The van der Waals surface area contributed by atoms with Crippen LogP contribution in [0.25, 0.3) is 0 Å². The van der Waals surface area contributed by atoms with E-state index in [1.54, 1.807) is 0 Å². The molecule has 0 bridgehead atoms. The van der Waals surface area contributed by atoms with Crippen molar-refractivity contribution in [1.29, 1.82) is 0 Å². The fraction of sp³-hybridized carbons (Fsp3) is 0.500. The van der Waals surface area contributed by atoms with Gasteiger partial charge in [-0.15, -0.1) is 0 Å². The van der Waals surface area contributed by atoms with Crippen LogP contribution in [0.1, 0.15) is 29.5 Å². The lowest BCUT2D eigenvalue weighted by atomic mass is 9.92. The minimum atomic E-state index is 0.0837. The third kappa shape index (κ3) is 1.57. The van der Waals surface area contributed by atoms with Gasteiger partial charge in [0.2, 0.25) is 6.79 Å². The first-order chi connectivity index (χ1) is 7.15. The van der Waals surface area contributed by atoms with E-state index in [1.807, 2.05) is 19.9 Å². The second-order valence-corrected chi connectivity index (χ2v) is 4.05. The van der Waals surface area contributed by atoms with Crippen LogP contribution in [-0.2, 0) is 0 Å². The summed E-state index contributed by atoms with van der Waals surface area (Å²) in [6.07, 6.45) is 0. The summed E-state index contributed by atoms with van der Waals surface area (Å²) < 4.78 is 10.8. The van der Waals surface area contributed by atoms with Gasteiger partial charge in [0.15, 0.2) is 11.5 Å². The van der Waals surface area contributed by atoms with Crippen molar-refractivity contribution in [3.8, 4) is 11.5 Å². The van der Waals surface area contributed by atoms with Crippen LogP contribution in [0.4, 0.5) is 0 Å². The first kappa shape index (κ1) is 10.3. The second-order valence-electron chi connectivity index (χ2n) is 4.05. The Morgan fingerprint density at radius 1 is 1.40 bits per heavy atom. The lowest BCUT2D eigenvalue weighted by Gasteiger charge is -2.16. The molecule has 1 heterocycles. The molecule has 1 atom stereocenters. The zero-order valence-electron chi connectivity index (χ0n) is 9.33. The molecule has 1 N–H and O–H groups in total. The number of fused-ring (bicyclic) bond motifs is 1. The van der Waals surface area contributed by atoms with Crippen molar-refractivity contribution in [3.63, 3.8) is 0 Å². The molecule has 0 fully saturated rings. The number of aliphatic hydroxyl groups is 1. The number of aryl methyl sites for hydroxylation is 1. The van der Waals surface area contributed by atoms with E-state index in [-0.39, 0.29) is 19.3 Å². The van der Waals surface area contributed by atoms with Gasteiger partial charge in [0.25, 0.3) is 0 Å². The maximum Gasteiger partial charge on any atom is 0.231 e. The predicted molar refractivity (Wildman–Crippen MR) is 57.5 cm³/mol. The van der Waals surface area contributed by atoms with Crippen molar-refractivity contribution in [2.75, 3.05) is 13.4 Å². The zero-order chi connectivity index (χ0) is 11.0. The monoisotopic (exact) mass is 208 g/mol. The number of hydrogen-bond acceptors (Lipinski definition) is 3. The average molecular weight is 208 g/mol.